The summed E-state index contributed by atoms with van der Waals surface area (Å²) in [5.74, 6) is -0.191. The molecule has 0 aliphatic rings. The minimum Gasteiger partial charge on any atom is -0.468 e. The van der Waals surface area contributed by atoms with E-state index in [0.29, 0.717) is 5.76 Å². The van der Waals surface area contributed by atoms with Crippen LogP contribution in [0.4, 0.5) is 13.2 Å². The molecule has 0 atom stereocenters. The van der Waals surface area contributed by atoms with Crippen molar-refractivity contribution in [1.82, 2.24) is 10.0 Å². The molecule has 0 bridgehead atoms. The van der Waals surface area contributed by atoms with Gasteiger partial charge in [0.1, 0.15) is 5.76 Å². The van der Waals surface area contributed by atoms with Gasteiger partial charge in [0.05, 0.1) is 23.3 Å². The number of rotatable bonds is 7. The highest BCUT2D eigenvalue weighted by molar-refractivity contribution is 7.89. The van der Waals surface area contributed by atoms with Crippen molar-refractivity contribution in [2.24, 2.45) is 0 Å². The minimum atomic E-state index is -4.48. The first-order valence-corrected chi connectivity index (χ1v) is 10.2. The van der Waals surface area contributed by atoms with Crippen LogP contribution in [-0.2, 0) is 29.3 Å². The molecule has 0 fully saturated rings. The Morgan fingerprint density at radius 3 is 2.43 bits per heavy atom. The second-order valence-corrected chi connectivity index (χ2v) is 8.08. The summed E-state index contributed by atoms with van der Waals surface area (Å²) in [5, 5.41) is 2.49. The van der Waals surface area contributed by atoms with Crippen molar-refractivity contribution < 1.29 is 30.8 Å². The lowest BCUT2D eigenvalue weighted by atomic mass is 10.1. The highest BCUT2D eigenvalue weighted by atomic mass is 32.2. The number of benzene rings is 2. The van der Waals surface area contributed by atoms with Crippen LogP contribution in [0.1, 0.15) is 27.2 Å². The second kappa shape index (κ2) is 8.72. The Morgan fingerprint density at radius 1 is 0.967 bits per heavy atom. The van der Waals surface area contributed by atoms with E-state index in [9.17, 15) is 26.4 Å². The summed E-state index contributed by atoms with van der Waals surface area (Å²) in [6, 6.07) is 13.2. The molecule has 0 saturated carbocycles. The van der Waals surface area contributed by atoms with Gasteiger partial charge in [-0.3, -0.25) is 4.79 Å². The number of alkyl halides is 3. The number of amides is 1. The molecule has 3 rings (SSSR count). The number of halogens is 3. The number of furan rings is 1. The van der Waals surface area contributed by atoms with Crippen LogP contribution >= 0.6 is 0 Å². The molecule has 1 aromatic heterocycles. The highest BCUT2D eigenvalue weighted by Crippen LogP contribution is 2.29. The molecular formula is C20H17F3N2O4S. The van der Waals surface area contributed by atoms with Crippen LogP contribution in [0.3, 0.4) is 0 Å². The molecule has 6 nitrogen and oxygen atoms in total. The summed E-state index contributed by atoms with van der Waals surface area (Å²) in [7, 11) is -3.90. The summed E-state index contributed by atoms with van der Waals surface area (Å²) in [6.45, 7) is -0.197. The standard InChI is InChI=1S/C20H17F3N2O4S/c21-20(22,23)16-6-1-4-14(10-16)12-24-19(26)15-5-2-8-18(11-15)30(27,28)25-13-17-7-3-9-29-17/h1-11,25H,12-13H2,(H,24,26). The molecule has 1 amide bonds. The van der Waals surface area contributed by atoms with Gasteiger partial charge < -0.3 is 9.73 Å². The van der Waals surface area contributed by atoms with Crippen LogP contribution in [0.25, 0.3) is 0 Å². The molecule has 3 aromatic rings. The number of hydrogen-bond donors (Lipinski definition) is 2. The number of hydrogen-bond acceptors (Lipinski definition) is 4. The SMILES string of the molecule is O=C(NCc1cccc(C(F)(F)F)c1)c1cccc(S(=O)(=O)NCc2ccco2)c1. The van der Waals surface area contributed by atoms with Gasteiger partial charge in [-0.25, -0.2) is 13.1 Å². The maximum Gasteiger partial charge on any atom is 0.416 e. The maximum atomic E-state index is 12.8. The van der Waals surface area contributed by atoms with Crippen molar-refractivity contribution in [3.63, 3.8) is 0 Å². The van der Waals surface area contributed by atoms with Crippen molar-refractivity contribution in [3.8, 4) is 0 Å². The minimum absolute atomic E-state index is 0.0543. The molecule has 158 valence electrons. The molecule has 10 heteroatoms. The van der Waals surface area contributed by atoms with Gasteiger partial charge in [0.15, 0.2) is 0 Å². The molecule has 0 radical (unpaired) electrons. The number of nitrogens with one attached hydrogen (secondary N) is 2. The largest absolute Gasteiger partial charge is 0.468 e. The summed E-state index contributed by atoms with van der Waals surface area (Å²) < 4.78 is 70.6. The van der Waals surface area contributed by atoms with E-state index in [1.165, 1.54) is 42.7 Å². The zero-order valence-electron chi connectivity index (χ0n) is 15.4. The van der Waals surface area contributed by atoms with Crippen molar-refractivity contribution in [3.05, 3.63) is 89.4 Å². The van der Waals surface area contributed by atoms with E-state index in [-0.39, 0.29) is 29.1 Å². The Balaban J connectivity index is 1.67. The zero-order chi connectivity index (χ0) is 21.8. The van der Waals surface area contributed by atoms with Crippen LogP contribution in [0.15, 0.2) is 76.2 Å². The van der Waals surface area contributed by atoms with Crippen LogP contribution in [-0.4, -0.2) is 14.3 Å². The molecule has 0 saturated heterocycles. The van der Waals surface area contributed by atoms with Gasteiger partial charge >= 0.3 is 6.18 Å². The Bertz CT molecular complexity index is 1130. The second-order valence-electron chi connectivity index (χ2n) is 6.31. The molecule has 0 unspecified atom stereocenters. The van der Waals surface area contributed by atoms with Crippen molar-refractivity contribution in [1.29, 1.82) is 0 Å². The van der Waals surface area contributed by atoms with Crippen molar-refractivity contribution in [2.45, 2.75) is 24.2 Å². The average molecular weight is 438 g/mol. The topological polar surface area (TPSA) is 88.4 Å². The van der Waals surface area contributed by atoms with Gasteiger partial charge in [-0.2, -0.15) is 13.2 Å². The quantitative estimate of drug-likeness (QED) is 0.589. The predicted molar refractivity (Wildman–Crippen MR) is 102 cm³/mol. The van der Waals surface area contributed by atoms with Crippen molar-refractivity contribution >= 4 is 15.9 Å². The Kier molecular flexibility index (Phi) is 6.28. The Hall–Kier alpha value is -3.11. The summed E-state index contributed by atoms with van der Waals surface area (Å²) in [5.41, 5.74) is -0.491. The van der Waals surface area contributed by atoms with Gasteiger partial charge in [0.2, 0.25) is 10.0 Å². The van der Waals surface area contributed by atoms with Gasteiger partial charge in [-0.1, -0.05) is 18.2 Å². The molecule has 0 aliphatic heterocycles. The van der Waals surface area contributed by atoms with Crippen LogP contribution in [0, 0.1) is 0 Å². The highest BCUT2D eigenvalue weighted by Gasteiger charge is 2.30. The normalized spacial score (nSPS) is 12.0. The summed E-state index contributed by atoms with van der Waals surface area (Å²) in [4.78, 5) is 12.2. The first-order valence-electron chi connectivity index (χ1n) is 8.71. The number of sulfonamides is 1. The first-order chi connectivity index (χ1) is 14.1. The molecular weight excluding hydrogens is 421 g/mol. The van der Waals surface area contributed by atoms with E-state index in [2.05, 4.69) is 10.0 Å². The average Bonchev–Trinajstić information content (AvgIpc) is 3.24. The molecule has 0 aliphatic carbocycles. The first kappa shape index (κ1) is 21.6. The van der Waals surface area contributed by atoms with Crippen molar-refractivity contribution in [2.75, 3.05) is 0 Å². The number of carbonyl (C=O) groups excluding carboxylic acids is 1. The molecule has 2 aromatic carbocycles. The lowest BCUT2D eigenvalue weighted by Crippen LogP contribution is -2.25. The third-order valence-corrected chi connectivity index (χ3v) is 5.53. The predicted octanol–water partition coefficient (Wildman–Crippen LogP) is 3.71. The van der Waals surface area contributed by atoms with Gasteiger partial charge in [-0.15, -0.1) is 0 Å². The fourth-order valence-corrected chi connectivity index (χ4v) is 3.65. The summed E-state index contributed by atoms with van der Waals surface area (Å²) in [6.07, 6.45) is -3.07. The third-order valence-electron chi connectivity index (χ3n) is 4.13. The Morgan fingerprint density at radius 2 is 1.73 bits per heavy atom. The zero-order valence-corrected chi connectivity index (χ0v) is 16.3. The fourth-order valence-electron chi connectivity index (χ4n) is 2.61. The van der Waals surface area contributed by atoms with Crippen LogP contribution in [0.2, 0.25) is 0 Å². The van der Waals surface area contributed by atoms with Crippen LogP contribution < -0.4 is 10.0 Å². The molecule has 1 heterocycles. The lowest BCUT2D eigenvalue weighted by molar-refractivity contribution is -0.137. The smallest absolute Gasteiger partial charge is 0.416 e. The van der Waals surface area contributed by atoms with E-state index in [0.717, 1.165) is 12.1 Å². The molecule has 0 spiro atoms. The Labute approximate surface area is 170 Å². The van der Waals surface area contributed by atoms with Gasteiger partial charge in [0.25, 0.3) is 5.91 Å². The van der Waals surface area contributed by atoms with E-state index in [4.69, 9.17) is 4.42 Å². The summed E-state index contributed by atoms with van der Waals surface area (Å²) >= 11 is 0. The van der Waals surface area contributed by atoms with Gasteiger partial charge in [-0.05, 0) is 48.0 Å². The fraction of sp³-hybridized carbons (Fsp3) is 0.150. The van der Waals surface area contributed by atoms with E-state index >= 15 is 0 Å². The van der Waals surface area contributed by atoms with E-state index in [1.807, 2.05) is 0 Å². The van der Waals surface area contributed by atoms with E-state index in [1.54, 1.807) is 12.1 Å². The monoisotopic (exact) mass is 438 g/mol. The molecule has 2 N–H and O–H groups in total. The van der Waals surface area contributed by atoms with Crippen LogP contribution in [0.5, 0.6) is 0 Å². The maximum absolute atomic E-state index is 12.8. The van der Waals surface area contributed by atoms with Gasteiger partial charge in [0, 0.05) is 12.1 Å². The molecule has 30 heavy (non-hydrogen) atoms. The third kappa shape index (κ3) is 5.49. The number of carbonyl (C=O) groups is 1. The lowest BCUT2D eigenvalue weighted by Gasteiger charge is -2.10. The van der Waals surface area contributed by atoms with E-state index < -0.39 is 27.7 Å².